The lowest BCUT2D eigenvalue weighted by molar-refractivity contribution is -0.114. The van der Waals surface area contributed by atoms with E-state index in [0.717, 1.165) is 24.2 Å². The van der Waals surface area contributed by atoms with Crippen LogP contribution in [-0.4, -0.2) is 29.8 Å². The van der Waals surface area contributed by atoms with Crippen LogP contribution in [0.2, 0.25) is 0 Å². The zero-order chi connectivity index (χ0) is 24.0. The molecule has 35 heavy (non-hydrogen) atoms. The zero-order valence-corrected chi connectivity index (χ0v) is 19.7. The Balaban J connectivity index is 1.32. The van der Waals surface area contributed by atoms with Gasteiger partial charge >= 0.3 is 0 Å². The largest absolute Gasteiger partial charge is 0.361 e. The van der Waals surface area contributed by atoms with Crippen molar-refractivity contribution in [2.45, 2.75) is 25.8 Å². The Kier molecular flexibility index (Phi) is 6.87. The molecule has 2 amide bonds. The van der Waals surface area contributed by atoms with Gasteiger partial charge in [0.05, 0.1) is 5.57 Å². The van der Waals surface area contributed by atoms with E-state index in [9.17, 15) is 9.59 Å². The fourth-order valence-electron chi connectivity index (χ4n) is 4.60. The predicted molar refractivity (Wildman–Crippen MR) is 141 cm³/mol. The van der Waals surface area contributed by atoms with Crippen molar-refractivity contribution in [2.24, 2.45) is 0 Å². The minimum absolute atomic E-state index is 0.367. The molecule has 2 aliphatic heterocycles. The predicted octanol–water partition coefficient (Wildman–Crippen LogP) is 5.26. The van der Waals surface area contributed by atoms with E-state index in [1.807, 2.05) is 48.5 Å². The number of likely N-dealkylation sites (tertiary alicyclic amines) is 1. The highest BCUT2D eigenvalue weighted by atomic mass is 16.2. The van der Waals surface area contributed by atoms with Crippen molar-refractivity contribution in [3.8, 4) is 0 Å². The number of allylic oxidation sites excluding steroid dienone is 1. The lowest BCUT2D eigenvalue weighted by atomic mass is 9.93. The first-order valence-electron chi connectivity index (χ1n) is 12.1. The molecule has 0 bridgehead atoms. The van der Waals surface area contributed by atoms with Crippen LogP contribution in [0.25, 0.3) is 11.6 Å². The number of anilines is 1. The molecule has 2 heterocycles. The van der Waals surface area contributed by atoms with E-state index >= 15 is 0 Å². The number of imide groups is 1. The summed E-state index contributed by atoms with van der Waals surface area (Å²) in [6.07, 6.45) is 9.18. The summed E-state index contributed by atoms with van der Waals surface area (Å²) >= 11 is 0. The Hall–Kier alpha value is -3.96. The third-order valence-corrected chi connectivity index (χ3v) is 6.50. The molecule has 3 aromatic carbocycles. The molecule has 5 nitrogen and oxygen atoms in total. The third kappa shape index (κ3) is 5.58. The molecular formula is C30H29N3O2. The highest BCUT2D eigenvalue weighted by Crippen LogP contribution is 2.26. The average Bonchev–Trinajstić information content (AvgIpc) is 3.38. The fraction of sp³-hybridized carbons (Fsp3) is 0.200. The maximum atomic E-state index is 12.7. The third-order valence-electron chi connectivity index (χ3n) is 6.50. The first kappa shape index (κ1) is 22.8. The maximum Gasteiger partial charge on any atom is 0.260 e. The summed E-state index contributed by atoms with van der Waals surface area (Å²) in [6, 6.07) is 24.1. The Labute approximate surface area is 206 Å². The average molecular weight is 464 g/mol. The van der Waals surface area contributed by atoms with Gasteiger partial charge in [0.2, 0.25) is 0 Å². The van der Waals surface area contributed by atoms with Gasteiger partial charge in [0, 0.05) is 29.6 Å². The van der Waals surface area contributed by atoms with Gasteiger partial charge in [-0.1, -0.05) is 60.7 Å². The Bertz CT molecular complexity index is 1270. The van der Waals surface area contributed by atoms with E-state index in [-0.39, 0.29) is 5.91 Å². The van der Waals surface area contributed by atoms with Gasteiger partial charge in [0.1, 0.15) is 0 Å². The number of nitrogens with one attached hydrogen (secondary N) is 2. The van der Waals surface area contributed by atoms with Gasteiger partial charge in [-0.15, -0.1) is 0 Å². The van der Waals surface area contributed by atoms with E-state index in [1.165, 1.54) is 37.1 Å². The minimum Gasteiger partial charge on any atom is -0.361 e. The van der Waals surface area contributed by atoms with Gasteiger partial charge in [-0.3, -0.25) is 19.8 Å². The molecule has 0 unspecified atom stereocenters. The summed E-state index contributed by atoms with van der Waals surface area (Å²) in [5.74, 6) is -0.765. The minimum atomic E-state index is -0.397. The topological polar surface area (TPSA) is 61.4 Å². The SMILES string of the molecule is O=C1NC(=O)c2ccc(/C=C/Cc3ccccc3)cc2/C1=C\Nc1ccc(CN2CCCC2)cc1. The summed E-state index contributed by atoms with van der Waals surface area (Å²) < 4.78 is 0. The van der Waals surface area contributed by atoms with Crippen LogP contribution in [0, 0.1) is 0 Å². The van der Waals surface area contributed by atoms with E-state index in [1.54, 1.807) is 12.3 Å². The molecule has 0 atom stereocenters. The molecule has 5 rings (SSSR count). The summed E-state index contributed by atoms with van der Waals surface area (Å²) in [4.78, 5) is 27.6. The first-order valence-corrected chi connectivity index (χ1v) is 12.1. The zero-order valence-electron chi connectivity index (χ0n) is 19.7. The van der Waals surface area contributed by atoms with Crippen LogP contribution >= 0.6 is 0 Å². The van der Waals surface area contributed by atoms with Crippen LogP contribution in [0.4, 0.5) is 5.69 Å². The monoisotopic (exact) mass is 463 g/mol. The van der Waals surface area contributed by atoms with Crippen LogP contribution in [-0.2, 0) is 17.8 Å². The van der Waals surface area contributed by atoms with Gasteiger partial charge in [-0.2, -0.15) is 0 Å². The maximum absolute atomic E-state index is 12.7. The highest BCUT2D eigenvalue weighted by Gasteiger charge is 2.27. The number of carbonyl (C=O) groups excluding carboxylic acids is 2. The number of amides is 2. The van der Waals surface area contributed by atoms with E-state index < -0.39 is 5.91 Å². The molecule has 0 saturated carbocycles. The second-order valence-electron chi connectivity index (χ2n) is 9.06. The number of hydrogen-bond donors (Lipinski definition) is 2. The van der Waals surface area contributed by atoms with E-state index in [0.29, 0.717) is 16.7 Å². The van der Waals surface area contributed by atoms with E-state index in [2.05, 4.69) is 45.9 Å². The second kappa shape index (κ2) is 10.5. The van der Waals surface area contributed by atoms with Crippen molar-refractivity contribution >= 4 is 29.2 Å². The van der Waals surface area contributed by atoms with Crippen molar-refractivity contribution in [3.05, 3.63) is 113 Å². The molecule has 1 fully saturated rings. The Morgan fingerprint density at radius 2 is 1.60 bits per heavy atom. The van der Waals surface area contributed by atoms with Crippen LogP contribution in [0.15, 0.2) is 85.1 Å². The Morgan fingerprint density at radius 1 is 0.829 bits per heavy atom. The van der Waals surface area contributed by atoms with Crippen molar-refractivity contribution in [1.29, 1.82) is 0 Å². The quantitative estimate of drug-likeness (QED) is 0.371. The number of carbonyl (C=O) groups is 2. The molecule has 0 radical (unpaired) electrons. The van der Waals surface area contributed by atoms with E-state index in [4.69, 9.17) is 0 Å². The van der Waals surface area contributed by atoms with Gasteiger partial charge < -0.3 is 5.32 Å². The van der Waals surface area contributed by atoms with Crippen LogP contribution in [0.5, 0.6) is 0 Å². The Morgan fingerprint density at radius 3 is 2.37 bits per heavy atom. The highest BCUT2D eigenvalue weighted by molar-refractivity contribution is 6.31. The number of fused-ring (bicyclic) bond motifs is 1. The summed E-state index contributed by atoms with van der Waals surface area (Å²) in [5.41, 5.74) is 5.93. The smallest absolute Gasteiger partial charge is 0.260 e. The number of rotatable bonds is 7. The van der Waals surface area contributed by atoms with Crippen LogP contribution in [0.1, 0.15) is 45.5 Å². The van der Waals surface area contributed by atoms with Crippen LogP contribution < -0.4 is 10.6 Å². The summed E-state index contributed by atoms with van der Waals surface area (Å²) in [6.45, 7) is 3.31. The van der Waals surface area contributed by atoms with Crippen molar-refractivity contribution in [1.82, 2.24) is 10.2 Å². The van der Waals surface area contributed by atoms with Gasteiger partial charge in [0.25, 0.3) is 11.8 Å². The number of hydrogen-bond acceptors (Lipinski definition) is 4. The lowest BCUT2D eigenvalue weighted by Gasteiger charge is -2.19. The lowest BCUT2D eigenvalue weighted by Crippen LogP contribution is -2.36. The molecule has 3 aromatic rings. The molecule has 2 aliphatic rings. The van der Waals surface area contributed by atoms with Crippen LogP contribution in [0.3, 0.4) is 0 Å². The molecule has 0 aromatic heterocycles. The molecule has 0 spiro atoms. The van der Waals surface area contributed by atoms with Crippen molar-refractivity contribution in [3.63, 3.8) is 0 Å². The fourth-order valence-corrected chi connectivity index (χ4v) is 4.60. The number of benzene rings is 3. The summed E-state index contributed by atoms with van der Waals surface area (Å²) in [5, 5.41) is 5.69. The second-order valence-corrected chi connectivity index (χ2v) is 9.06. The van der Waals surface area contributed by atoms with Gasteiger partial charge in [-0.25, -0.2) is 0 Å². The molecule has 176 valence electrons. The molecular weight excluding hydrogens is 434 g/mol. The molecule has 0 aliphatic carbocycles. The van der Waals surface area contributed by atoms with Crippen molar-refractivity contribution in [2.75, 3.05) is 18.4 Å². The first-order chi connectivity index (χ1) is 17.2. The van der Waals surface area contributed by atoms with Gasteiger partial charge in [-0.05, 0) is 73.3 Å². The molecule has 1 saturated heterocycles. The number of nitrogens with zero attached hydrogens (tertiary/aromatic N) is 1. The van der Waals surface area contributed by atoms with Gasteiger partial charge in [0.15, 0.2) is 0 Å². The summed E-state index contributed by atoms with van der Waals surface area (Å²) in [7, 11) is 0. The molecule has 5 heteroatoms. The molecule has 2 N–H and O–H groups in total. The standard InChI is InChI=1S/C30H29N3O2/c34-29-26-16-13-23(10-6-9-22-7-2-1-3-8-22)19-27(26)28(30(35)32-29)20-31-25-14-11-24(12-15-25)21-33-17-4-5-18-33/h1-3,6-8,10-16,19-20,31H,4-5,9,17-18,21H2,(H,32,34,35)/b10-6+,28-20+. The van der Waals surface area contributed by atoms with Crippen molar-refractivity contribution < 1.29 is 9.59 Å². The normalized spacial score (nSPS) is 17.1.